The van der Waals surface area contributed by atoms with Crippen LogP contribution >= 0.6 is 0 Å². The predicted molar refractivity (Wildman–Crippen MR) is 90.4 cm³/mol. The molecular formula is C19H26O6. The number of aliphatic hydroxyl groups excluding tert-OH is 1. The SMILES string of the molecule is C=C(COC(C)=O)C1CCC(C)C2CC(=O)C(COC(C)=O)=C2C1O. The molecule has 6 nitrogen and oxygen atoms in total. The Kier molecular flexibility index (Phi) is 6.16. The first kappa shape index (κ1) is 19.4. The highest BCUT2D eigenvalue weighted by Crippen LogP contribution is 2.45. The highest BCUT2D eigenvalue weighted by molar-refractivity contribution is 6.00. The van der Waals surface area contributed by atoms with E-state index in [1.807, 2.05) is 0 Å². The second-order valence-corrected chi connectivity index (χ2v) is 6.99. The van der Waals surface area contributed by atoms with Crippen LogP contribution in [0, 0.1) is 17.8 Å². The van der Waals surface area contributed by atoms with Crippen molar-refractivity contribution >= 4 is 17.7 Å². The van der Waals surface area contributed by atoms with Gasteiger partial charge in [0.1, 0.15) is 13.2 Å². The van der Waals surface area contributed by atoms with E-state index >= 15 is 0 Å². The van der Waals surface area contributed by atoms with Gasteiger partial charge in [-0.25, -0.2) is 0 Å². The Labute approximate surface area is 147 Å². The first-order chi connectivity index (χ1) is 11.7. The molecule has 1 N–H and O–H groups in total. The highest BCUT2D eigenvalue weighted by Gasteiger charge is 2.43. The van der Waals surface area contributed by atoms with Crippen LogP contribution in [0.15, 0.2) is 23.3 Å². The number of ether oxygens (including phenoxy) is 2. The molecule has 0 aromatic carbocycles. The Morgan fingerprint density at radius 3 is 2.44 bits per heavy atom. The van der Waals surface area contributed by atoms with Gasteiger partial charge in [0.25, 0.3) is 0 Å². The molecule has 0 amide bonds. The number of carbonyl (C=O) groups is 3. The Morgan fingerprint density at radius 1 is 1.20 bits per heavy atom. The number of hydrogen-bond acceptors (Lipinski definition) is 6. The van der Waals surface area contributed by atoms with Gasteiger partial charge in [0.15, 0.2) is 5.78 Å². The van der Waals surface area contributed by atoms with E-state index in [4.69, 9.17) is 9.47 Å². The zero-order chi connectivity index (χ0) is 18.7. The van der Waals surface area contributed by atoms with E-state index in [9.17, 15) is 19.5 Å². The van der Waals surface area contributed by atoms with E-state index in [2.05, 4.69) is 13.5 Å². The van der Waals surface area contributed by atoms with Crippen LogP contribution in [0.1, 0.15) is 40.0 Å². The van der Waals surface area contributed by atoms with Crippen molar-refractivity contribution in [3.8, 4) is 0 Å². The number of fused-ring (bicyclic) bond motifs is 1. The molecule has 2 rings (SSSR count). The predicted octanol–water partition coefficient (Wildman–Crippen LogP) is 1.96. The number of aliphatic hydroxyl groups is 1. The molecule has 0 saturated heterocycles. The number of carbonyl (C=O) groups excluding carboxylic acids is 3. The molecule has 0 heterocycles. The monoisotopic (exact) mass is 350 g/mol. The molecule has 0 aromatic heterocycles. The van der Waals surface area contributed by atoms with Crippen molar-refractivity contribution in [2.75, 3.05) is 13.2 Å². The van der Waals surface area contributed by atoms with Gasteiger partial charge in [-0.2, -0.15) is 0 Å². The van der Waals surface area contributed by atoms with E-state index in [1.165, 1.54) is 13.8 Å². The van der Waals surface area contributed by atoms with Crippen molar-refractivity contribution < 1.29 is 29.0 Å². The van der Waals surface area contributed by atoms with Crippen LogP contribution in [0.4, 0.5) is 0 Å². The molecule has 1 saturated carbocycles. The summed E-state index contributed by atoms with van der Waals surface area (Å²) in [7, 11) is 0. The Balaban J connectivity index is 2.30. The molecule has 0 aliphatic heterocycles. The zero-order valence-electron chi connectivity index (χ0n) is 15.0. The fourth-order valence-corrected chi connectivity index (χ4v) is 3.81. The molecule has 0 aromatic rings. The van der Waals surface area contributed by atoms with Gasteiger partial charge in [-0.3, -0.25) is 14.4 Å². The average molecular weight is 350 g/mol. The fourth-order valence-electron chi connectivity index (χ4n) is 3.81. The number of esters is 2. The van der Waals surface area contributed by atoms with Crippen LogP contribution in [-0.2, 0) is 23.9 Å². The minimum Gasteiger partial charge on any atom is -0.461 e. The quantitative estimate of drug-likeness (QED) is 0.602. The summed E-state index contributed by atoms with van der Waals surface area (Å²) >= 11 is 0. The summed E-state index contributed by atoms with van der Waals surface area (Å²) in [4.78, 5) is 34.5. The summed E-state index contributed by atoms with van der Waals surface area (Å²) < 4.78 is 10.0. The van der Waals surface area contributed by atoms with Crippen molar-refractivity contribution in [1.82, 2.24) is 0 Å². The van der Waals surface area contributed by atoms with Crippen LogP contribution in [-0.4, -0.2) is 42.1 Å². The van der Waals surface area contributed by atoms with Crippen molar-refractivity contribution in [2.24, 2.45) is 17.8 Å². The molecule has 0 spiro atoms. The summed E-state index contributed by atoms with van der Waals surface area (Å²) in [6.07, 6.45) is 1.00. The van der Waals surface area contributed by atoms with Gasteiger partial charge < -0.3 is 14.6 Å². The van der Waals surface area contributed by atoms with Crippen molar-refractivity contribution in [3.63, 3.8) is 0 Å². The van der Waals surface area contributed by atoms with E-state index in [0.29, 0.717) is 29.6 Å². The fraction of sp³-hybridized carbons (Fsp3) is 0.632. The maximum absolute atomic E-state index is 12.4. The lowest BCUT2D eigenvalue weighted by atomic mass is 9.84. The second-order valence-electron chi connectivity index (χ2n) is 6.99. The Bertz CT molecular complexity index is 617. The minimum absolute atomic E-state index is 0.0421. The third-order valence-electron chi connectivity index (χ3n) is 5.21. The largest absolute Gasteiger partial charge is 0.461 e. The molecular weight excluding hydrogens is 324 g/mol. The summed E-state index contributed by atoms with van der Waals surface area (Å²) in [5.41, 5.74) is 1.71. The summed E-state index contributed by atoms with van der Waals surface area (Å²) in [5, 5.41) is 11.0. The van der Waals surface area contributed by atoms with Gasteiger partial charge in [0, 0.05) is 31.8 Å². The molecule has 2 aliphatic carbocycles. The van der Waals surface area contributed by atoms with Crippen LogP contribution in [0.3, 0.4) is 0 Å². The van der Waals surface area contributed by atoms with Gasteiger partial charge in [-0.05, 0) is 35.8 Å². The number of hydrogen-bond donors (Lipinski definition) is 1. The van der Waals surface area contributed by atoms with E-state index in [0.717, 1.165) is 6.42 Å². The number of Topliss-reactive ketones (excluding diaryl/α,β-unsaturated/α-hetero) is 1. The Hall–Kier alpha value is -1.95. The average Bonchev–Trinajstić information content (AvgIpc) is 2.81. The van der Waals surface area contributed by atoms with Crippen LogP contribution in [0.25, 0.3) is 0 Å². The maximum atomic E-state index is 12.4. The third-order valence-corrected chi connectivity index (χ3v) is 5.21. The topological polar surface area (TPSA) is 89.9 Å². The van der Waals surface area contributed by atoms with Gasteiger partial charge in [0.05, 0.1) is 6.10 Å². The van der Waals surface area contributed by atoms with E-state index in [1.54, 1.807) is 0 Å². The molecule has 4 atom stereocenters. The second kappa shape index (κ2) is 7.95. The lowest BCUT2D eigenvalue weighted by molar-refractivity contribution is -0.141. The third kappa shape index (κ3) is 4.37. The van der Waals surface area contributed by atoms with Gasteiger partial charge >= 0.3 is 11.9 Å². The first-order valence-corrected chi connectivity index (χ1v) is 8.61. The molecule has 2 aliphatic rings. The summed E-state index contributed by atoms with van der Waals surface area (Å²) in [6.45, 7) is 8.60. The van der Waals surface area contributed by atoms with Gasteiger partial charge in [0.2, 0.25) is 0 Å². The Morgan fingerprint density at radius 2 is 1.84 bits per heavy atom. The van der Waals surface area contributed by atoms with Crippen LogP contribution in [0.5, 0.6) is 0 Å². The summed E-state index contributed by atoms with van der Waals surface area (Å²) in [5.74, 6) is -1.04. The molecule has 1 fully saturated rings. The smallest absolute Gasteiger partial charge is 0.302 e. The zero-order valence-corrected chi connectivity index (χ0v) is 15.0. The number of rotatable bonds is 5. The normalized spacial score (nSPS) is 29.0. The van der Waals surface area contributed by atoms with Crippen molar-refractivity contribution in [2.45, 2.75) is 46.1 Å². The number of ketones is 1. The van der Waals surface area contributed by atoms with E-state index in [-0.39, 0.29) is 36.8 Å². The highest BCUT2D eigenvalue weighted by atomic mass is 16.5. The van der Waals surface area contributed by atoms with Gasteiger partial charge in [-0.1, -0.05) is 13.5 Å². The molecule has 4 unspecified atom stereocenters. The molecule has 25 heavy (non-hydrogen) atoms. The van der Waals surface area contributed by atoms with Gasteiger partial charge in [-0.15, -0.1) is 0 Å². The maximum Gasteiger partial charge on any atom is 0.302 e. The summed E-state index contributed by atoms with van der Waals surface area (Å²) in [6, 6.07) is 0. The minimum atomic E-state index is -0.880. The van der Waals surface area contributed by atoms with Crippen molar-refractivity contribution in [3.05, 3.63) is 23.3 Å². The first-order valence-electron chi connectivity index (χ1n) is 8.61. The van der Waals surface area contributed by atoms with Crippen molar-refractivity contribution in [1.29, 1.82) is 0 Å². The lowest BCUT2D eigenvalue weighted by Crippen LogP contribution is -2.28. The molecule has 138 valence electrons. The lowest BCUT2D eigenvalue weighted by Gasteiger charge is -2.26. The molecule has 6 heteroatoms. The molecule has 0 bridgehead atoms. The molecule has 0 radical (unpaired) electrons. The van der Waals surface area contributed by atoms with E-state index < -0.39 is 18.0 Å². The van der Waals surface area contributed by atoms with Crippen LogP contribution < -0.4 is 0 Å². The van der Waals surface area contributed by atoms with Crippen LogP contribution in [0.2, 0.25) is 0 Å². The standard InChI is InChI=1S/C19H26O6/c1-10-5-6-14(11(2)8-24-12(3)20)19(23)18-15(10)7-17(22)16(18)9-25-13(4)21/h10,14-15,19,23H,2,5-9H2,1,3-4H3.